The summed E-state index contributed by atoms with van der Waals surface area (Å²) >= 11 is 0. The van der Waals surface area contributed by atoms with Crippen molar-refractivity contribution in [2.45, 2.75) is 50.5 Å². The Labute approximate surface area is 248 Å². The molecule has 0 saturated carbocycles. The van der Waals surface area contributed by atoms with E-state index >= 15 is 0 Å². The van der Waals surface area contributed by atoms with Gasteiger partial charge in [-0.1, -0.05) is 55.5 Å². The lowest BCUT2D eigenvalue weighted by atomic mass is 9.99. The molecule has 228 valence electrons. The maximum Gasteiger partial charge on any atom is 0.416 e. The summed E-state index contributed by atoms with van der Waals surface area (Å²) in [6, 6.07) is 16.8. The lowest BCUT2D eigenvalue weighted by Crippen LogP contribution is -2.48. The van der Waals surface area contributed by atoms with Crippen molar-refractivity contribution in [3.8, 4) is 0 Å². The Hall–Kier alpha value is -3.87. The van der Waals surface area contributed by atoms with Gasteiger partial charge in [0.05, 0.1) is 28.9 Å². The van der Waals surface area contributed by atoms with E-state index in [-0.39, 0.29) is 24.5 Å². The summed E-state index contributed by atoms with van der Waals surface area (Å²) in [6.07, 6.45) is -2.81. The first-order valence-corrected chi connectivity index (χ1v) is 15.5. The van der Waals surface area contributed by atoms with E-state index in [1.54, 1.807) is 29.0 Å². The third-order valence-electron chi connectivity index (χ3n) is 7.75. The van der Waals surface area contributed by atoms with Crippen molar-refractivity contribution >= 4 is 32.5 Å². The minimum Gasteiger partial charge on any atom is -0.390 e. The molecule has 0 unspecified atom stereocenters. The number of hydrogen-bond acceptors (Lipinski definition) is 5. The Kier molecular flexibility index (Phi) is 8.55. The SMILES string of the molecule is CCc1cn2c3c(cc(C(=O)N[C@@H](Cc4ccccc4)[C@H](O)CNCc4cccc(C(F)(F)F)c4)cc13)N(C)S(=O)(=O)C2. The van der Waals surface area contributed by atoms with Crippen molar-refractivity contribution in [3.63, 3.8) is 0 Å². The molecule has 1 aromatic heterocycles. The maximum atomic E-state index is 13.7. The van der Waals surface area contributed by atoms with Gasteiger partial charge in [0.1, 0.15) is 5.88 Å². The Morgan fingerprint density at radius 1 is 1.05 bits per heavy atom. The molecule has 1 amide bonds. The summed E-state index contributed by atoms with van der Waals surface area (Å²) in [5.41, 5.74) is 2.83. The van der Waals surface area contributed by atoms with Gasteiger partial charge in [-0.15, -0.1) is 0 Å². The third kappa shape index (κ3) is 6.56. The number of aliphatic hydroxyl groups excluding tert-OH is 1. The number of benzene rings is 3. The van der Waals surface area contributed by atoms with Crippen LogP contribution in [0.1, 0.15) is 39.5 Å². The summed E-state index contributed by atoms with van der Waals surface area (Å²) in [5.74, 6) is -0.667. The number of rotatable bonds is 10. The smallest absolute Gasteiger partial charge is 0.390 e. The van der Waals surface area contributed by atoms with Crippen LogP contribution in [-0.4, -0.2) is 49.7 Å². The Balaban J connectivity index is 1.38. The molecule has 8 nitrogen and oxygen atoms in total. The molecule has 2 heterocycles. The van der Waals surface area contributed by atoms with Gasteiger partial charge in [0.2, 0.25) is 0 Å². The van der Waals surface area contributed by atoms with E-state index in [4.69, 9.17) is 0 Å². The quantitative estimate of drug-likeness (QED) is 0.245. The monoisotopic (exact) mass is 614 g/mol. The van der Waals surface area contributed by atoms with Gasteiger partial charge in [0.25, 0.3) is 15.9 Å². The molecule has 1 aliphatic rings. The highest BCUT2D eigenvalue weighted by Crippen LogP contribution is 2.37. The number of alkyl halides is 3. The van der Waals surface area contributed by atoms with Crippen molar-refractivity contribution < 1.29 is 31.5 Å². The first-order valence-electron chi connectivity index (χ1n) is 13.9. The minimum absolute atomic E-state index is 0.00211. The Morgan fingerprint density at radius 2 is 1.77 bits per heavy atom. The van der Waals surface area contributed by atoms with Crippen LogP contribution in [0.15, 0.2) is 72.9 Å². The van der Waals surface area contributed by atoms with Crippen LogP contribution >= 0.6 is 0 Å². The molecule has 0 saturated heterocycles. The van der Waals surface area contributed by atoms with Gasteiger partial charge in [0.15, 0.2) is 0 Å². The van der Waals surface area contributed by atoms with Crippen molar-refractivity contribution in [1.82, 2.24) is 15.2 Å². The summed E-state index contributed by atoms with van der Waals surface area (Å²) in [5, 5.41) is 17.9. The van der Waals surface area contributed by atoms with E-state index in [1.165, 1.54) is 17.4 Å². The molecule has 0 aliphatic carbocycles. The number of amides is 1. The van der Waals surface area contributed by atoms with Gasteiger partial charge < -0.3 is 20.3 Å². The van der Waals surface area contributed by atoms with Crippen LogP contribution in [0.4, 0.5) is 18.9 Å². The number of aromatic nitrogens is 1. The molecular weight excluding hydrogens is 581 g/mol. The largest absolute Gasteiger partial charge is 0.416 e. The Morgan fingerprint density at radius 3 is 2.47 bits per heavy atom. The lowest BCUT2D eigenvalue weighted by molar-refractivity contribution is -0.137. The molecule has 3 N–H and O–H groups in total. The molecule has 5 rings (SSSR count). The summed E-state index contributed by atoms with van der Waals surface area (Å²) in [7, 11) is -2.16. The van der Waals surface area contributed by atoms with Crippen LogP contribution < -0.4 is 14.9 Å². The average molecular weight is 615 g/mol. The number of carbonyl (C=O) groups excluding carboxylic acids is 1. The van der Waals surface area contributed by atoms with Crippen molar-refractivity contribution in [3.05, 3.63) is 101 Å². The molecule has 3 aromatic carbocycles. The van der Waals surface area contributed by atoms with Crippen molar-refractivity contribution in [2.75, 3.05) is 17.9 Å². The molecular formula is C31H33F3N4O4S. The lowest BCUT2D eigenvalue weighted by Gasteiger charge is -2.28. The van der Waals surface area contributed by atoms with E-state index in [2.05, 4.69) is 10.6 Å². The van der Waals surface area contributed by atoms with E-state index in [1.807, 2.05) is 37.3 Å². The molecule has 1 aliphatic heterocycles. The van der Waals surface area contributed by atoms with Crippen LogP contribution in [-0.2, 0) is 41.5 Å². The standard InChI is InChI=1S/C31H33F3N4O4S/c1-3-22-18-38-19-43(41,42)37(2)27-15-23(14-25(22)29(27)38)30(40)36-26(13-20-8-5-4-6-9-20)28(39)17-35-16-21-10-7-11-24(12-21)31(32,33)34/h4-12,14-15,18,26,28,35,39H,3,13,16-17,19H2,1-2H3,(H,36,40)/t26-,28+/m0/s1. The summed E-state index contributed by atoms with van der Waals surface area (Å²) in [4.78, 5) is 13.7. The number of nitrogens with one attached hydrogen (secondary N) is 2. The Bertz CT molecular complexity index is 1740. The molecule has 43 heavy (non-hydrogen) atoms. The number of carbonyl (C=O) groups is 1. The van der Waals surface area contributed by atoms with Crippen LogP contribution in [0.5, 0.6) is 0 Å². The molecule has 0 bridgehead atoms. The van der Waals surface area contributed by atoms with E-state index < -0.39 is 39.8 Å². The van der Waals surface area contributed by atoms with Crippen LogP contribution in [0.25, 0.3) is 10.9 Å². The summed E-state index contributed by atoms with van der Waals surface area (Å²) < 4.78 is 67.8. The zero-order valence-electron chi connectivity index (χ0n) is 23.7. The zero-order valence-corrected chi connectivity index (χ0v) is 24.5. The highest BCUT2D eigenvalue weighted by atomic mass is 32.2. The molecule has 0 spiro atoms. The summed E-state index contributed by atoms with van der Waals surface area (Å²) in [6.45, 7) is 2.05. The minimum atomic E-state index is -4.46. The highest BCUT2D eigenvalue weighted by Gasteiger charge is 2.32. The second-order valence-corrected chi connectivity index (χ2v) is 12.7. The third-order valence-corrected chi connectivity index (χ3v) is 9.39. The fourth-order valence-electron chi connectivity index (χ4n) is 5.42. The zero-order chi connectivity index (χ0) is 30.9. The van der Waals surface area contributed by atoms with Crippen LogP contribution in [0, 0.1) is 0 Å². The van der Waals surface area contributed by atoms with Gasteiger partial charge in [0, 0.05) is 37.3 Å². The number of nitrogens with zero attached hydrogens (tertiary/aromatic N) is 2. The van der Waals surface area contributed by atoms with E-state index in [0.717, 1.165) is 34.2 Å². The van der Waals surface area contributed by atoms with Gasteiger partial charge in [-0.3, -0.25) is 9.10 Å². The van der Waals surface area contributed by atoms with Crippen molar-refractivity contribution in [2.24, 2.45) is 0 Å². The average Bonchev–Trinajstić information content (AvgIpc) is 3.32. The van der Waals surface area contributed by atoms with Crippen LogP contribution in [0.3, 0.4) is 0 Å². The first-order chi connectivity index (χ1) is 20.4. The fraction of sp³-hybridized carbons (Fsp3) is 0.323. The number of halogens is 3. The molecule has 2 atom stereocenters. The van der Waals surface area contributed by atoms with Crippen molar-refractivity contribution in [1.29, 1.82) is 0 Å². The molecule has 12 heteroatoms. The number of aryl methyl sites for hydroxylation is 1. The number of hydrogen-bond donors (Lipinski definition) is 3. The second kappa shape index (κ2) is 12.0. The van der Waals surface area contributed by atoms with Gasteiger partial charge >= 0.3 is 6.18 Å². The first kappa shape index (κ1) is 30.6. The topological polar surface area (TPSA) is 104 Å². The molecule has 0 radical (unpaired) electrons. The van der Waals surface area contributed by atoms with E-state index in [0.29, 0.717) is 24.1 Å². The van der Waals surface area contributed by atoms with Gasteiger partial charge in [-0.25, -0.2) is 8.42 Å². The fourth-order valence-corrected chi connectivity index (χ4v) is 6.59. The highest BCUT2D eigenvalue weighted by molar-refractivity contribution is 7.91. The predicted molar refractivity (Wildman–Crippen MR) is 159 cm³/mol. The predicted octanol–water partition coefficient (Wildman–Crippen LogP) is 4.45. The van der Waals surface area contributed by atoms with Gasteiger partial charge in [-0.05, 0) is 47.7 Å². The van der Waals surface area contributed by atoms with Gasteiger partial charge in [-0.2, -0.15) is 13.2 Å². The maximum absolute atomic E-state index is 13.7. The second-order valence-electron chi connectivity index (χ2n) is 10.7. The van der Waals surface area contributed by atoms with E-state index in [9.17, 15) is 31.5 Å². The van der Waals surface area contributed by atoms with Crippen LogP contribution in [0.2, 0.25) is 0 Å². The number of anilines is 1. The molecule has 4 aromatic rings. The number of sulfonamides is 1. The number of aliphatic hydroxyl groups is 1. The normalized spacial score (nSPS) is 15.8. The molecule has 0 fully saturated rings.